The lowest BCUT2D eigenvalue weighted by molar-refractivity contribution is 0.566. The molecular weight excluding hydrogens is 192 g/mol. The fraction of sp³-hybridized carbons (Fsp3) is 0.812. The van der Waals surface area contributed by atoms with Crippen molar-refractivity contribution in [2.45, 2.75) is 84.0 Å². The average Bonchev–Trinajstić information content (AvgIpc) is 2.31. The Morgan fingerprint density at radius 2 is 1.19 bits per heavy atom. The summed E-state index contributed by atoms with van der Waals surface area (Å²) in [7, 11) is 0. The van der Waals surface area contributed by atoms with Gasteiger partial charge in [0.2, 0.25) is 0 Å². The van der Waals surface area contributed by atoms with E-state index < -0.39 is 0 Å². The first-order valence-electron chi connectivity index (χ1n) is 7.36. The van der Waals surface area contributed by atoms with E-state index in [2.05, 4.69) is 26.0 Å². The fourth-order valence-corrected chi connectivity index (χ4v) is 1.93. The highest BCUT2D eigenvalue weighted by Crippen LogP contribution is 2.10. The number of allylic oxidation sites excluding steroid dienone is 2. The zero-order valence-corrected chi connectivity index (χ0v) is 11.3. The summed E-state index contributed by atoms with van der Waals surface area (Å²) in [6.45, 7) is 6.10. The van der Waals surface area contributed by atoms with Crippen molar-refractivity contribution in [1.82, 2.24) is 0 Å². The number of rotatable bonds is 12. The Morgan fingerprint density at radius 3 is 1.75 bits per heavy atom. The molecule has 95 valence electrons. The van der Waals surface area contributed by atoms with E-state index in [4.69, 9.17) is 0 Å². The molecule has 0 heteroatoms. The van der Waals surface area contributed by atoms with Gasteiger partial charge in [-0.05, 0) is 25.7 Å². The van der Waals surface area contributed by atoms with Crippen LogP contribution < -0.4 is 0 Å². The molecule has 0 aliphatic heterocycles. The molecule has 0 bridgehead atoms. The van der Waals surface area contributed by atoms with E-state index in [0.717, 1.165) is 12.8 Å². The van der Waals surface area contributed by atoms with Crippen molar-refractivity contribution >= 4 is 0 Å². The normalized spacial score (nSPS) is 11.4. The maximum absolute atomic E-state index is 3.82. The highest BCUT2D eigenvalue weighted by molar-refractivity contribution is 4.81. The van der Waals surface area contributed by atoms with Crippen molar-refractivity contribution in [2.24, 2.45) is 0 Å². The van der Waals surface area contributed by atoms with Gasteiger partial charge in [-0.3, -0.25) is 0 Å². The lowest BCUT2D eigenvalue weighted by Crippen LogP contribution is -1.80. The number of unbranched alkanes of at least 4 members (excludes halogenated alkanes) is 10. The summed E-state index contributed by atoms with van der Waals surface area (Å²) in [5.41, 5.74) is 0. The summed E-state index contributed by atoms with van der Waals surface area (Å²) < 4.78 is 0. The van der Waals surface area contributed by atoms with Crippen LogP contribution in [0.1, 0.15) is 84.0 Å². The minimum atomic E-state index is 1.04. The highest BCUT2D eigenvalue weighted by atomic mass is 14.0. The summed E-state index contributed by atoms with van der Waals surface area (Å²) in [6, 6.07) is 0. The second-order valence-corrected chi connectivity index (χ2v) is 4.73. The van der Waals surface area contributed by atoms with Gasteiger partial charge in [-0.1, -0.05) is 77.4 Å². The molecule has 0 atom stereocenters. The zero-order valence-electron chi connectivity index (χ0n) is 11.3. The molecule has 1 radical (unpaired) electrons. The minimum absolute atomic E-state index is 1.04. The molecule has 0 aromatic rings. The van der Waals surface area contributed by atoms with Crippen molar-refractivity contribution in [3.63, 3.8) is 0 Å². The summed E-state index contributed by atoms with van der Waals surface area (Å²) in [6.07, 6.45) is 20.9. The second-order valence-electron chi connectivity index (χ2n) is 4.73. The Labute approximate surface area is 104 Å². The third-order valence-electron chi connectivity index (χ3n) is 3.01. The molecule has 0 amide bonds. The Balaban J connectivity index is 2.93. The van der Waals surface area contributed by atoms with Crippen molar-refractivity contribution < 1.29 is 0 Å². The van der Waals surface area contributed by atoms with E-state index in [9.17, 15) is 0 Å². The average molecular weight is 223 g/mol. The molecule has 0 unspecified atom stereocenters. The van der Waals surface area contributed by atoms with Gasteiger partial charge in [0.05, 0.1) is 0 Å². The lowest BCUT2D eigenvalue weighted by Gasteiger charge is -2.00. The van der Waals surface area contributed by atoms with E-state index in [1.165, 1.54) is 64.2 Å². The molecule has 0 rings (SSSR count). The summed E-state index contributed by atoms with van der Waals surface area (Å²) >= 11 is 0. The van der Waals surface area contributed by atoms with Gasteiger partial charge in [0, 0.05) is 0 Å². The first-order chi connectivity index (χ1) is 7.91. The van der Waals surface area contributed by atoms with Crippen LogP contribution in [0.5, 0.6) is 0 Å². The van der Waals surface area contributed by atoms with Gasteiger partial charge >= 0.3 is 0 Å². The largest absolute Gasteiger partial charge is 0.0885 e. The van der Waals surface area contributed by atoms with E-state index in [-0.39, 0.29) is 0 Å². The first kappa shape index (κ1) is 15.7. The van der Waals surface area contributed by atoms with Crippen LogP contribution >= 0.6 is 0 Å². The Morgan fingerprint density at radius 1 is 0.688 bits per heavy atom. The second kappa shape index (κ2) is 14.7. The van der Waals surface area contributed by atoms with Gasteiger partial charge in [0.1, 0.15) is 0 Å². The summed E-state index contributed by atoms with van der Waals surface area (Å²) in [5.74, 6) is 0. The highest BCUT2D eigenvalue weighted by Gasteiger charge is 1.90. The standard InChI is InChI=1S/C16H31/c1-3-5-7-9-11-13-15-16-14-12-10-8-6-4-2/h7,9H,1,3-6,8,10-16H2,2H3/b9-7+. The van der Waals surface area contributed by atoms with E-state index in [0.29, 0.717) is 0 Å². The van der Waals surface area contributed by atoms with Gasteiger partial charge < -0.3 is 0 Å². The van der Waals surface area contributed by atoms with Crippen LogP contribution in [0, 0.1) is 6.92 Å². The van der Waals surface area contributed by atoms with Crippen molar-refractivity contribution in [2.75, 3.05) is 0 Å². The van der Waals surface area contributed by atoms with Crippen molar-refractivity contribution in [3.8, 4) is 0 Å². The molecule has 0 aromatic carbocycles. The maximum atomic E-state index is 3.82. The molecule has 0 saturated carbocycles. The van der Waals surface area contributed by atoms with Crippen LogP contribution in [0.15, 0.2) is 12.2 Å². The first-order valence-corrected chi connectivity index (χ1v) is 7.36. The quantitative estimate of drug-likeness (QED) is 0.278. The van der Waals surface area contributed by atoms with Crippen LogP contribution in [0.2, 0.25) is 0 Å². The zero-order chi connectivity index (χ0) is 11.9. The number of hydrogen-bond donors (Lipinski definition) is 0. The predicted octanol–water partition coefficient (Wildman–Crippen LogP) is 6.08. The van der Waals surface area contributed by atoms with Crippen LogP contribution in [0.25, 0.3) is 0 Å². The van der Waals surface area contributed by atoms with Gasteiger partial charge in [0.15, 0.2) is 0 Å². The van der Waals surface area contributed by atoms with Crippen LogP contribution in [-0.2, 0) is 0 Å². The third-order valence-corrected chi connectivity index (χ3v) is 3.01. The minimum Gasteiger partial charge on any atom is -0.0885 e. The van der Waals surface area contributed by atoms with Crippen molar-refractivity contribution in [3.05, 3.63) is 19.1 Å². The Kier molecular flexibility index (Phi) is 14.5. The molecule has 16 heavy (non-hydrogen) atoms. The molecule has 0 nitrogen and oxygen atoms in total. The number of hydrogen-bond acceptors (Lipinski definition) is 0. The van der Waals surface area contributed by atoms with Crippen LogP contribution in [0.3, 0.4) is 0 Å². The predicted molar refractivity (Wildman–Crippen MR) is 75.6 cm³/mol. The molecule has 0 aromatic heterocycles. The maximum Gasteiger partial charge on any atom is -0.0351 e. The summed E-state index contributed by atoms with van der Waals surface area (Å²) in [4.78, 5) is 0. The summed E-state index contributed by atoms with van der Waals surface area (Å²) in [5, 5.41) is 0. The van der Waals surface area contributed by atoms with Crippen LogP contribution in [-0.4, -0.2) is 0 Å². The SMILES string of the molecule is [CH2]CC/C=C/CCCCCCCCCCC. The Bertz CT molecular complexity index is 135. The van der Waals surface area contributed by atoms with Crippen molar-refractivity contribution in [1.29, 1.82) is 0 Å². The third kappa shape index (κ3) is 13.7. The monoisotopic (exact) mass is 223 g/mol. The lowest BCUT2D eigenvalue weighted by atomic mass is 10.1. The fourth-order valence-electron chi connectivity index (χ4n) is 1.93. The van der Waals surface area contributed by atoms with Gasteiger partial charge in [-0.15, -0.1) is 0 Å². The van der Waals surface area contributed by atoms with E-state index in [1.807, 2.05) is 0 Å². The van der Waals surface area contributed by atoms with Gasteiger partial charge in [0.25, 0.3) is 0 Å². The van der Waals surface area contributed by atoms with Gasteiger partial charge in [-0.25, -0.2) is 0 Å². The molecule has 0 aliphatic rings. The van der Waals surface area contributed by atoms with Gasteiger partial charge in [-0.2, -0.15) is 0 Å². The molecular formula is C16H31. The molecule has 0 N–H and O–H groups in total. The molecule has 0 aliphatic carbocycles. The molecule has 0 saturated heterocycles. The van der Waals surface area contributed by atoms with Crippen LogP contribution in [0.4, 0.5) is 0 Å². The smallest absolute Gasteiger partial charge is 0.0351 e. The van der Waals surface area contributed by atoms with E-state index >= 15 is 0 Å². The molecule has 0 heterocycles. The molecule has 0 fully saturated rings. The Hall–Kier alpha value is -0.260. The van der Waals surface area contributed by atoms with E-state index in [1.54, 1.807) is 0 Å². The molecule has 0 spiro atoms. The topological polar surface area (TPSA) is 0 Å².